The molecule has 3 amide bonds. The van der Waals surface area contributed by atoms with Gasteiger partial charge in [-0.15, -0.1) is 0 Å². The maximum absolute atomic E-state index is 11.5. The predicted octanol–water partition coefficient (Wildman–Crippen LogP) is -0.430. The molecule has 1 rings (SSSR count). The maximum atomic E-state index is 11.5. The first-order valence-corrected chi connectivity index (χ1v) is 5.40. The molecule has 1 N–H and O–H groups in total. The molecule has 0 radical (unpaired) electrons. The van der Waals surface area contributed by atoms with Crippen molar-refractivity contribution in [1.82, 2.24) is 10.2 Å². The molecule has 1 heterocycles. The van der Waals surface area contributed by atoms with Crippen molar-refractivity contribution in [3.8, 4) is 0 Å². The molecule has 0 spiro atoms. The van der Waals surface area contributed by atoms with Gasteiger partial charge in [-0.25, -0.2) is 0 Å². The van der Waals surface area contributed by atoms with E-state index in [0.29, 0.717) is 18.6 Å². The zero-order valence-electron chi connectivity index (χ0n) is 8.52. The van der Waals surface area contributed by atoms with Crippen LogP contribution in [-0.4, -0.2) is 41.5 Å². The molecular weight excluding hydrogens is 216 g/mol. The molecule has 1 aliphatic heterocycles. The third-order valence-electron chi connectivity index (χ3n) is 2.32. The van der Waals surface area contributed by atoms with Crippen molar-refractivity contribution in [2.75, 3.05) is 12.8 Å². The first-order valence-electron chi connectivity index (χ1n) is 4.77. The molecule has 84 valence electrons. The van der Waals surface area contributed by atoms with Crippen LogP contribution in [0.5, 0.6) is 0 Å². The number of carbonyl (C=O) groups excluding carboxylic acids is 3. The number of nitrogens with zero attached hydrogens (tertiary/aromatic N) is 1. The second kappa shape index (κ2) is 5.16. The molecule has 5 nitrogen and oxygen atoms in total. The minimum absolute atomic E-state index is 0.195. The van der Waals surface area contributed by atoms with E-state index in [0.717, 1.165) is 4.90 Å². The molecule has 1 atom stereocenters. The quantitative estimate of drug-likeness (QED) is 0.511. The Morgan fingerprint density at radius 2 is 2.27 bits per heavy atom. The minimum Gasteiger partial charge on any atom is -0.344 e. The lowest BCUT2D eigenvalue weighted by Crippen LogP contribution is -2.52. The predicted molar refractivity (Wildman–Crippen MR) is 57.4 cm³/mol. The summed E-state index contributed by atoms with van der Waals surface area (Å²) >= 11 is 3.92. The van der Waals surface area contributed by atoms with Gasteiger partial charge in [-0.1, -0.05) is 0 Å². The topological polar surface area (TPSA) is 66.5 Å². The molecule has 0 aliphatic carbocycles. The highest BCUT2D eigenvalue weighted by Gasteiger charge is 2.32. The van der Waals surface area contributed by atoms with Crippen molar-refractivity contribution < 1.29 is 14.4 Å². The summed E-state index contributed by atoms with van der Waals surface area (Å²) < 4.78 is 0. The molecule has 0 saturated carbocycles. The SMILES string of the molecule is CN1C(=O)CCC(NC(=O)CCS)C1=O. The number of carbonyl (C=O) groups is 3. The van der Waals surface area contributed by atoms with Crippen molar-refractivity contribution in [1.29, 1.82) is 0 Å². The van der Waals surface area contributed by atoms with E-state index in [1.54, 1.807) is 0 Å². The smallest absolute Gasteiger partial charge is 0.251 e. The molecule has 0 aromatic heterocycles. The van der Waals surface area contributed by atoms with Crippen molar-refractivity contribution in [3.63, 3.8) is 0 Å². The fourth-order valence-electron chi connectivity index (χ4n) is 1.42. The lowest BCUT2D eigenvalue weighted by atomic mass is 10.0. The Bertz CT molecular complexity index is 293. The average molecular weight is 230 g/mol. The van der Waals surface area contributed by atoms with Gasteiger partial charge in [-0.3, -0.25) is 19.3 Å². The van der Waals surface area contributed by atoms with Gasteiger partial charge in [0, 0.05) is 19.9 Å². The van der Waals surface area contributed by atoms with Gasteiger partial charge in [-0.05, 0) is 12.2 Å². The highest BCUT2D eigenvalue weighted by molar-refractivity contribution is 7.80. The summed E-state index contributed by atoms with van der Waals surface area (Å²) in [5, 5.41) is 2.59. The van der Waals surface area contributed by atoms with Crippen molar-refractivity contribution in [2.24, 2.45) is 0 Å². The molecule has 1 saturated heterocycles. The third-order valence-corrected chi connectivity index (χ3v) is 2.55. The van der Waals surface area contributed by atoms with Gasteiger partial charge in [0.15, 0.2) is 0 Å². The molecule has 6 heteroatoms. The van der Waals surface area contributed by atoms with Gasteiger partial charge < -0.3 is 5.32 Å². The van der Waals surface area contributed by atoms with E-state index in [1.165, 1.54) is 7.05 Å². The van der Waals surface area contributed by atoms with Crippen molar-refractivity contribution in [2.45, 2.75) is 25.3 Å². The lowest BCUT2D eigenvalue weighted by Gasteiger charge is -2.28. The second-order valence-corrected chi connectivity index (χ2v) is 3.87. The number of piperidine rings is 1. The summed E-state index contributed by atoms with van der Waals surface area (Å²) in [6.45, 7) is 0. The van der Waals surface area contributed by atoms with Crippen LogP contribution in [0.15, 0.2) is 0 Å². The number of hydrogen-bond donors (Lipinski definition) is 2. The summed E-state index contributed by atoms with van der Waals surface area (Å²) in [4.78, 5) is 35.0. The van der Waals surface area contributed by atoms with E-state index in [-0.39, 0.29) is 24.1 Å². The number of imide groups is 1. The fourth-order valence-corrected chi connectivity index (χ4v) is 1.62. The Morgan fingerprint density at radius 3 is 2.87 bits per heavy atom. The third kappa shape index (κ3) is 2.95. The molecule has 1 fully saturated rings. The van der Waals surface area contributed by atoms with Gasteiger partial charge in [0.05, 0.1) is 0 Å². The van der Waals surface area contributed by atoms with Gasteiger partial charge in [0.1, 0.15) is 6.04 Å². The van der Waals surface area contributed by atoms with Gasteiger partial charge in [0.25, 0.3) is 5.91 Å². The lowest BCUT2D eigenvalue weighted by molar-refractivity contribution is -0.149. The normalized spacial score (nSPS) is 21.7. The molecule has 1 unspecified atom stereocenters. The molecular formula is C9H14N2O3S. The Morgan fingerprint density at radius 1 is 1.60 bits per heavy atom. The highest BCUT2D eigenvalue weighted by Crippen LogP contribution is 2.11. The zero-order chi connectivity index (χ0) is 11.4. The number of hydrogen-bond acceptors (Lipinski definition) is 4. The Hall–Kier alpha value is -1.04. The van der Waals surface area contributed by atoms with E-state index in [4.69, 9.17) is 0 Å². The van der Waals surface area contributed by atoms with E-state index in [2.05, 4.69) is 17.9 Å². The Kier molecular flexibility index (Phi) is 4.14. The van der Waals surface area contributed by atoms with E-state index >= 15 is 0 Å². The summed E-state index contributed by atoms with van der Waals surface area (Å²) in [6.07, 6.45) is 0.971. The largest absolute Gasteiger partial charge is 0.344 e. The first-order chi connectivity index (χ1) is 7.06. The van der Waals surface area contributed by atoms with E-state index in [9.17, 15) is 14.4 Å². The molecule has 0 bridgehead atoms. The number of thiol groups is 1. The second-order valence-electron chi connectivity index (χ2n) is 3.42. The van der Waals surface area contributed by atoms with E-state index in [1.807, 2.05) is 0 Å². The van der Waals surface area contributed by atoms with Crippen LogP contribution in [-0.2, 0) is 14.4 Å². The number of amides is 3. The van der Waals surface area contributed by atoms with Crippen molar-refractivity contribution in [3.05, 3.63) is 0 Å². The van der Waals surface area contributed by atoms with Crippen LogP contribution in [0.4, 0.5) is 0 Å². The summed E-state index contributed by atoms with van der Waals surface area (Å²) in [5.41, 5.74) is 0. The minimum atomic E-state index is -0.555. The summed E-state index contributed by atoms with van der Waals surface area (Å²) in [5.74, 6) is -0.286. The maximum Gasteiger partial charge on any atom is 0.251 e. The average Bonchev–Trinajstić information content (AvgIpc) is 2.20. The summed E-state index contributed by atoms with van der Waals surface area (Å²) in [7, 11) is 1.43. The number of likely N-dealkylation sites (N-methyl/N-ethyl adjacent to an activating group) is 1. The summed E-state index contributed by atoms with van der Waals surface area (Å²) in [6, 6.07) is -0.555. The van der Waals surface area contributed by atoms with Crippen LogP contribution in [0.25, 0.3) is 0 Å². The molecule has 0 aromatic rings. The van der Waals surface area contributed by atoms with Crippen LogP contribution >= 0.6 is 12.6 Å². The molecule has 1 aliphatic rings. The molecule has 15 heavy (non-hydrogen) atoms. The van der Waals surface area contributed by atoms with Gasteiger partial charge >= 0.3 is 0 Å². The Balaban J connectivity index is 2.53. The number of nitrogens with one attached hydrogen (secondary N) is 1. The van der Waals surface area contributed by atoms with E-state index < -0.39 is 6.04 Å². The van der Waals surface area contributed by atoms with Gasteiger partial charge in [0.2, 0.25) is 11.8 Å². The van der Waals surface area contributed by atoms with Crippen LogP contribution in [0.1, 0.15) is 19.3 Å². The number of rotatable bonds is 3. The van der Waals surface area contributed by atoms with Crippen LogP contribution in [0.2, 0.25) is 0 Å². The monoisotopic (exact) mass is 230 g/mol. The van der Waals surface area contributed by atoms with Gasteiger partial charge in [-0.2, -0.15) is 12.6 Å². The number of likely N-dealkylation sites (tertiary alicyclic amines) is 1. The Labute approximate surface area is 93.6 Å². The van der Waals surface area contributed by atoms with Crippen molar-refractivity contribution >= 4 is 30.4 Å². The zero-order valence-corrected chi connectivity index (χ0v) is 9.42. The van der Waals surface area contributed by atoms with Crippen LogP contribution in [0.3, 0.4) is 0 Å². The van der Waals surface area contributed by atoms with Crippen LogP contribution < -0.4 is 5.32 Å². The highest BCUT2D eigenvalue weighted by atomic mass is 32.1. The fraction of sp³-hybridized carbons (Fsp3) is 0.667. The van der Waals surface area contributed by atoms with Crippen LogP contribution in [0, 0.1) is 0 Å². The standard InChI is InChI=1S/C9H14N2O3S/c1-11-8(13)3-2-6(9(11)14)10-7(12)4-5-15/h6,15H,2-5H2,1H3,(H,10,12). The first kappa shape index (κ1) is 12.0. The molecule has 0 aromatic carbocycles.